The second kappa shape index (κ2) is 7.63. The standard InChI is InChI=1S/C19H19N3O3/c1-13-4-2-3-5-16(13)17(23)12-21-19(24)22-15-8-6-14(7-9-15)18-20-10-11-25-18/h2-11,17,23H,12H2,1H3,(H2,21,22,24). The molecule has 0 saturated heterocycles. The minimum absolute atomic E-state index is 0.130. The van der Waals surface area contributed by atoms with Crippen LogP contribution in [0.3, 0.4) is 0 Å². The van der Waals surface area contributed by atoms with Gasteiger partial charge in [-0.05, 0) is 42.3 Å². The van der Waals surface area contributed by atoms with Crippen molar-refractivity contribution in [2.45, 2.75) is 13.0 Å². The molecule has 0 saturated carbocycles. The van der Waals surface area contributed by atoms with Crippen LogP contribution in [0.25, 0.3) is 11.5 Å². The summed E-state index contributed by atoms with van der Waals surface area (Å²) in [5.74, 6) is 0.525. The normalized spacial score (nSPS) is 11.8. The van der Waals surface area contributed by atoms with E-state index in [0.717, 1.165) is 16.7 Å². The minimum Gasteiger partial charge on any atom is -0.445 e. The number of oxazole rings is 1. The van der Waals surface area contributed by atoms with Crippen LogP contribution in [0.4, 0.5) is 10.5 Å². The number of amides is 2. The van der Waals surface area contributed by atoms with Gasteiger partial charge in [-0.15, -0.1) is 0 Å². The summed E-state index contributed by atoms with van der Waals surface area (Å²) in [7, 11) is 0. The van der Waals surface area contributed by atoms with Crippen LogP contribution in [0, 0.1) is 6.92 Å². The molecular weight excluding hydrogens is 318 g/mol. The third-order valence-corrected chi connectivity index (χ3v) is 3.83. The van der Waals surface area contributed by atoms with Gasteiger partial charge < -0.3 is 20.2 Å². The summed E-state index contributed by atoms with van der Waals surface area (Å²) in [5, 5.41) is 15.6. The molecule has 0 fully saturated rings. The van der Waals surface area contributed by atoms with Crippen LogP contribution in [0.15, 0.2) is 65.4 Å². The molecule has 0 aliphatic heterocycles. The first-order valence-corrected chi connectivity index (χ1v) is 7.92. The van der Waals surface area contributed by atoms with Gasteiger partial charge in [0.2, 0.25) is 5.89 Å². The molecule has 1 heterocycles. The fourth-order valence-corrected chi connectivity index (χ4v) is 2.50. The van der Waals surface area contributed by atoms with Gasteiger partial charge in [0.1, 0.15) is 6.26 Å². The van der Waals surface area contributed by atoms with E-state index >= 15 is 0 Å². The monoisotopic (exact) mass is 337 g/mol. The van der Waals surface area contributed by atoms with Gasteiger partial charge >= 0.3 is 6.03 Å². The van der Waals surface area contributed by atoms with E-state index in [1.165, 1.54) is 6.26 Å². The maximum atomic E-state index is 12.0. The predicted molar refractivity (Wildman–Crippen MR) is 95.1 cm³/mol. The topological polar surface area (TPSA) is 87.4 Å². The molecular formula is C19H19N3O3. The number of nitrogens with zero attached hydrogens (tertiary/aromatic N) is 1. The zero-order valence-corrected chi connectivity index (χ0v) is 13.8. The van der Waals surface area contributed by atoms with Crippen molar-refractivity contribution in [1.82, 2.24) is 10.3 Å². The van der Waals surface area contributed by atoms with Crippen LogP contribution in [0.5, 0.6) is 0 Å². The molecule has 1 unspecified atom stereocenters. The Balaban J connectivity index is 1.53. The molecule has 6 heteroatoms. The van der Waals surface area contributed by atoms with Gasteiger partial charge in [-0.2, -0.15) is 0 Å². The molecule has 0 aliphatic rings. The Hall–Kier alpha value is -3.12. The Morgan fingerprint density at radius 1 is 1.20 bits per heavy atom. The van der Waals surface area contributed by atoms with Crippen LogP contribution in [0.1, 0.15) is 17.2 Å². The number of nitrogens with one attached hydrogen (secondary N) is 2. The van der Waals surface area contributed by atoms with Crippen molar-refractivity contribution >= 4 is 11.7 Å². The minimum atomic E-state index is -0.751. The summed E-state index contributed by atoms with van der Waals surface area (Å²) >= 11 is 0. The molecule has 3 aromatic rings. The number of carbonyl (C=O) groups is 1. The van der Waals surface area contributed by atoms with Crippen LogP contribution in [0.2, 0.25) is 0 Å². The number of benzene rings is 2. The summed E-state index contributed by atoms with van der Waals surface area (Å²) in [6.07, 6.45) is 2.34. The Morgan fingerprint density at radius 3 is 2.64 bits per heavy atom. The molecule has 3 rings (SSSR count). The van der Waals surface area contributed by atoms with Crippen molar-refractivity contribution in [3.05, 3.63) is 72.1 Å². The number of aliphatic hydroxyl groups excluding tert-OH is 1. The summed E-state index contributed by atoms with van der Waals surface area (Å²) in [5.41, 5.74) is 3.25. The van der Waals surface area contributed by atoms with Crippen molar-refractivity contribution in [3.63, 3.8) is 0 Å². The Morgan fingerprint density at radius 2 is 1.96 bits per heavy atom. The van der Waals surface area contributed by atoms with Crippen molar-refractivity contribution in [3.8, 4) is 11.5 Å². The van der Waals surface area contributed by atoms with E-state index < -0.39 is 6.10 Å². The predicted octanol–water partition coefficient (Wildman–Crippen LogP) is 3.51. The van der Waals surface area contributed by atoms with Crippen LogP contribution in [-0.2, 0) is 0 Å². The molecule has 0 bridgehead atoms. The third-order valence-electron chi connectivity index (χ3n) is 3.83. The second-order valence-corrected chi connectivity index (χ2v) is 5.62. The number of hydrogen-bond donors (Lipinski definition) is 3. The summed E-state index contributed by atoms with van der Waals surface area (Å²) in [4.78, 5) is 16.1. The zero-order chi connectivity index (χ0) is 17.6. The molecule has 128 valence electrons. The molecule has 2 aromatic carbocycles. The number of carbonyl (C=O) groups excluding carboxylic acids is 1. The molecule has 0 radical (unpaired) electrons. The van der Waals surface area contributed by atoms with Crippen LogP contribution in [-0.4, -0.2) is 22.7 Å². The molecule has 2 amide bonds. The first-order valence-electron chi connectivity index (χ1n) is 7.92. The van der Waals surface area contributed by atoms with E-state index in [4.69, 9.17) is 4.42 Å². The number of hydrogen-bond acceptors (Lipinski definition) is 4. The highest BCUT2D eigenvalue weighted by atomic mass is 16.3. The molecule has 25 heavy (non-hydrogen) atoms. The van der Waals surface area contributed by atoms with Crippen molar-refractivity contribution < 1.29 is 14.3 Å². The van der Waals surface area contributed by atoms with E-state index in [1.807, 2.05) is 43.3 Å². The van der Waals surface area contributed by atoms with Crippen molar-refractivity contribution in [1.29, 1.82) is 0 Å². The quantitative estimate of drug-likeness (QED) is 0.665. The lowest BCUT2D eigenvalue weighted by atomic mass is 10.0. The van der Waals surface area contributed by atoms with Crippen LogP contribution < -0.4 is 10.6 Å². The molecule has 0 spiro atoms. The van der Waals surface area contributed by atoms with Crippen LogP contribution >= 0.6 is 0 Å². The Labute approximate surface area is 145 Å². The van der Waals surface area contributed by atoms with E-state index in [9.17, 15) is 9.90 Å². The van der Waals surface area contributed by atoms with E-state index in [0.29, 0.717) is 11.6 Å². The molecule has 1 atom stereocenters. The lowest BCUT2D eigenvalue weighted by molar-refractivity contribution is 0.174. The summed E-state index contributed by atoms with van der Waals surface area (Å²) < 4.78 is 5.22. The fraction of sp³-hybridized carbons (Fsp3) is 0.158. The highest BCUT2D eigenvalue weighted by molar-refractivity contribution is 5.89. The van der Waals surface area contributed by atoms with E-state index in [2.05, 4.69) is 15.6 Å². The van der Waals surface area contributed by atoms with Crippen molar-refractivity contribution in [2.24, 2.45) is 0 Å². The van der Waals surface area contributed by atoms with Gasteiger partial charge in [0.05, 0.1) is 12.3 Å². The first-order chi connectivity index (χ1) is 12.1. The summed E-state index contributed by atoms with van der Waals surface area (Å²) in [6, 6.07) is 14.3. The number of aliphatic hydroxyl groups is 1. The highest BCUT2D eigenvalue weighted by Crippen LogP contribution is 2.19. The smallest absolute Gasteiger partial charge is 0.319 e. The molecule has 6 nitrogen and oxygen atoms in total. The van der Waals surface area contributed by atoms with Gasteiger partial charge in [0.15, 0.2) is 0 Å². The maximum Gasteiger partial charge on any atom is 0.319 e. The summed E-state index contributed by atoms with van der Waals surface area (Å²) in [6.45, 7) is 2.05. The third kappa shape index (κ3) is 4.24. The highest BCUT2D eigenvalue weighted by Gasteiger charge is 2.11. The Bertz CT molecular complexity index is 829. The maximum absolute atomic E-state index is 12.0. The second-order valence-electron chi connectivity index (χ2n) is 5.62. The number of urea groups is 1. The average molecular weight is 337 g/mol. The Kier molecular flexibility index (Phi) is 5.11. The van der Waals surface area contributed by atoms with Gasteiger partial charge in [-0.25, -0.2) is 9.78 Å². The number of aryl methyl sites for hydroxylation is 1. The number of rotatable bonds is 5. The lowest BCUT2D eigenvalue weighted by Gasteiger charge is -2.15. The van der Waals surface area contributed by atoms with Gasteiger partial charge in [-0.1, -0.05) is 24.3 Å². The number of aromatic nitrogens is 1. The fourth-order valence-electron chi connectivity index (χ4n) is 2.50. The lowest BCUT2D eigenvalue weighted by Crippen LogP contribution is -2.32. The first kappa shape index (κ1) is 16.7. The molecule has 1 aromatic heterocycles. The molecule has 0 aliphatic carbocycles. The van der Waals surface area contributed by atoms with E-state index in [1.54, 1.807) is 18.3 Å². The van der Waals surface area contributed by atoms with Gasteiger partial charge in [-0.3, -0.25) is 0 Å². The van der Waals surface area contributed by atoms with Crippen molar-refractivity contribution in [2.75, 3.05) is 11.9 Å². The average Bonchev–Trinajstić information content (AvgIpc) is 3.15. The van der Waals surface area contributed by atoms with E-state index in [-0.39, 0.29) is 12.6 Å². The molecule has 3 N–H and O–H groups in total. The zero-order valence-electron chi connectivity index (χ0n) is 13.8. The number of anilines is 1. The largest absolute Gasteiger partial charge is 0.445 e. The van der Waals surface area contributed by atoms with Gasteiger partial charge in [0.25, 0.3) is 0 Å². The van der Waals surface area contributed by atoms with Gasteiger partial charge in [0, 0.05) is 17.8 Å². The SMILES string of the molecule is Cc1ccccc1C(O)CNC(=O)Nc1ccc(-c2ncco2)cc1.